The molecule has 18 heavy (non-hydrogen) atoms. The molecule has 0 spiro atoms. The molecule has 1 aromatic rings. The zero-order valence-corrected chi connectivity index (χ0v) is 11.4. The van der Waals surface area contributed by atoms with E-state index >= 15 is 0 Å². The molecule has 0 aromatic heterocycles. The zero-order valence-electron chi connectivity index (χ0n) is 11.4. The van der Waals surface area contributed by atoms with E-state index in [2.05, 4.69) is 26.1 Å². The van der Waals surface area contributed by atoms with Crippen LogP contribution < -0.4 is 10.1 Å². The summed E-state index contributed by atoms with van der Waals surface area (Å²) in [5, 5.41) is 3.53. The molecule has 0 fully saturated rings. The standard InChI is InChI=1S/C15H22FNO/c1-4-8-17-13-10-15(3,5-2)18-14-9-11(16)6-7-12(13)14/h6-7,9,13,17H,4-5,8,10H2,1-3H3. The summed E-state index contributed by atoms with van der Waals surface area (Å²) in [6.45, 7) is 7.33. The maximum Gasteiger partial charge on any atom is 0.127 e. The third-order valence-electron chi connectivity index (χ3n) is 3.73. The Morgan fingerprint density at radius 3 is 2.89 bits per heavy atom. The summed E-state index contributed by atoms with van der Waals surface area (Å²) >= 11 is 0. The quantitative estimate of drug-likeness (QED) is 0.878. The van der Waals surface area contributed by atoms with Crippen LogP contribution in [-0.4, -0.2) is 12.1 Å². The Kier molecular flexibility index (Phi) is 3.91. The first-order chi connectivity index (χ1) is 8.58. The summed E-state index contributed by atoms with van der Waals surface area (Å²) in [7, 11) is 0. The first-order valence-corrected chi connectivity index (χ1v) is 6.80. The van der Waals surface area contributed by atoms with E-state index in [4.69, 9.17) is 4.74 Å². The van der Waals surface area contributed by atoms with Gasteiger partial charge in [0.1, 0.15) is 17.2 Å². The molecule has 100 valence electrons. The minimum absolute atomic E-state index is 0.202. The van der Waals surface area contributed by atoms with E-state index in [-0.39, 0.29) is 17.5 Å². The fourth-order valence-corrected chi connectivity index (χ4v) is 2.45. The third kappa shape index (κ3) is 2.66. The second-order valence-corrected chi connectivity index (χ2v) is 5.30. The minimum Gasteiger partial charge on any atom is -0.487 e. The normalized spacial score (nSPS) is 26.6. The van der Waals surface area contributed by atoms with E-state index in [9.17, 15) is 4.39 Å². The van der Waals surface area contributed by atoms with Crippen molar-refractivity contribution in [3.8, 4) is 5.75 Å². The average molecular weight is 251 g/mol. The molecule has 1 aliphatic heterocycles. The molecule has 0 bridgehead atoms. The molecule has 1 aromatic carbocycles. The Hall–Kier alpha value is -1.09. The van der Waals surface area contributed by atoms with Gasteiger partial charge in [-0.25, -0.2) is 4.39 Å². The number of halogens is 1. The molecule has 2 unspecified atom stereocenters. The number of hydrogen-bond acceptors (Lipinski definition) is 2. The zero-order chi connectivity index (χ0) is 13.2. The van der Waals surface area contributed by atoms with Gasteiger partial charge < -0.3 is 10.1 Å². The van der Waals surface area contributed by atoms with E-state index in [1.165, 1.54) is 12.1 Å². The fourth-order valence-electron chi connectivity index (χ4n) is 2.45. The van der Waals surface area contributed by atoms with Crippen molar-refractivity contribution in [2.75, 3.05) is 6.54 Å². The largest absolute Gasteiger partial charge is 0.487 e. The van der Waals surface area contributed by atoms with Crippen LogP contribution in [0.3, 0.4) is 0 Å². The smallest absolute Gasteiger partial charge is 0.127 e. The van der Waals surface area contributed by atoms with Crippen LogP contribution in [0, 0.1) is 5.82 Å². The number of ether oxygens (including phenoxy) is 1. The molecule has 3 heteroatoms. The highest BCUT2D eigenvalue weighted by atomic mass is 19.1. The van der Waals surface area contributed by atoms with Gasteiger partial charge in [0.25, 0.3) is 0 Å². The van der Waals surface area contributed by atoms with Gasteiger partial charge in [0.05, 0.1) is 0 Å². The molecule has 1 heterocycles. The summed E-state index contributed by atoms with van der Waals surface area (Å²) in [5.74, 6) is 0.461. The first-order valence-electron chi connectivity index (χ1n) is 6.80. The molecule has 2 atom stereocenters. The van der Waals surface area contributed by atoms with Gasteiger partial charge in [-0.1, -0.05) is 19.9 Å². The monoisotopic (exact) mass is 251 g/mol. The van der Waals surface area contributed by atoms with Crippen LogP contribution in [0.15, 0.2) is 18.2 Å². The van der Waals surface area contributed by atoms with Gasteiger partial charge in [-0.3, -0.25) is 0 Å². The second kappa shape index (κ2) is 5.27. The SMILES string of the molecule is CCCNC1CC(C)(CC)Oc2cc(F)ccc21. The first kappa shape index (κ1) is 13.3. The third-order valence-corrected chi connectivity index (χ3v) is 3.73. The Labute approximate surface area is 109 Å². The van der Waals surface area contributed by atoms with Crippen molar-refractivity contribution in [3.63, 3.8) is 0 Å². The molecule has 1 N–H and O–H groups in total. The lowest BCUT2D eigenvalue weighted by Crippen LogP contribution is -2.41. The van der Waals surface area contributed by atoms with E-state index < -0.39 is 0 Å². The maximum absolute atomic E-state index is 13.3. The molecule has 0 radical (unpaired) electrons. The van der Waals surface area contributed by atoms with E-state index in [1.54, 1.807) is 0 Å². The number of benzene rings is 1. The summed E-state index contributed by atoms with van der Waals surface area (Å²) in [4.78, 5) is 0. The Morgan fingerprint density at radius 2 is 2.22 bits per heavy atom. The lowest BCUT2D eigenvalue weighted by Gasteiger charge is -2.40. The minimum atomic E-state index is -0.233. The maximum atomic E-state index is 13.3. The van der Waals surface area contributed by atoms with E-state index in [1.807, 2.05) is 6.07 Å². The van der Waals surface area contributed by atoms with Crippen molar-refractivity contribution >= 4 is 0 Å². The van der Waals surface area contributed by atoms with Crippen LogP contribution >= 0.6 is 0 Å². The lowest BCUT2D eigenvalue weighted by atomic mass is 9.86. The van der Waals surface area contributed by atoms with Gasteiger partial charge >= 0.3 is 0 Å². The van der Waals surface area contributed by atoms with Crippen LogP contribution in [-0.2, 0) is 0 Å². The Morgan fingerprint density at radius 1 is 1.44 bits per heavy atom. The van der Waals surface area contributed by atoms with Crippen molar-refractivity contribution in [1.82, 2.24) is 5.32 Å². The van der Waals surface area contributed by atoms with Gasteiger partial charge in [0.15, 0.2) is 0 Å². The molecule has 1 aliphatic rings. The van der Waals surface area contributed by atoms with Gasteiger partial charge in [-0.2, -0.15) is 0 Å². The van der Waals surface area contributed by atoms with E-state index in [0.29, 0.717) is 5.75 Å². The van der Waals surface area contributed by atoms with Gasteiger partial charge in [-0.05, 0) is 32.4 Å². The van der Waals surface area contributed by atoms with E-state index in [0.717, 1.165) is 31.4 Å². The number of fused-ring (bicyclic) bond motifs is 1. The Bertz CT molecular complexity index is 421. The highest BCUT2D eigenvalue weighted by Crippen LogP contribution is 2.41. The molecule has 2 rings (SSSR count). The van der Waals surface area contributed by atoms with Crippen LogP contribution in [0.25, 0.3) is 0 Å². The Balaban J connectivity index is 2.31. The molecular weight excluding hydrogens is 229 g/mol. The average Bonchev–Trinajstić information content (AvgIpc) is 2.35. The molecule has 0 saturated heterocycles. The lowest BCUT2D eigenvalue weighted by molar-refractivity contribution is 0.0439. The molecule has 0 saturated carbocycles. The summed E-state index contributed by atoms with van der Waals surface area (Å²) in [6.07, 6.45) is 2.95. The van der Waals surface area contributed by atoms with Crippen molar-refractivity contribution in [2.24, 2.45) is 0 Å². The van der Waals surface area contributed by atoms with Crippen LogP contribution in [0.4, 0.5) is 4.39 Å². The van der Waals surface area contributed by atoms with Crippen LogP contribution in [0.1, 0.15) is 51.6 Å². The summed E-state index contributed by atoms with van der Waals surface area (Å²) < 4.78 is 19.3. The summed E-state index contributed by atoms with van der Waals surface area (Å²) in [5.41, 5.74) is 0.877. The van der Waals surface area contributed by atoms with Crippen LogP contribution in [0.2, 0.25) is 0 Å². The predicted octanol–water partition coefficient (Wildman–Crippen LogP) is 3.82. The van der Waals surface area contributed by atoms with Crippen molar-refractivity contribution in [3.05, 3.63) is 29.6 Å². The molecular formula is C15H22FNO. The highest BCUT2D eigenvalue weighted by Gasteiger charge is 2.35. The topological polar surface area (TPSA) is 21.3 Å². The predicted molar refractivity (Wildman–Crippen MR) is 71.4 cm³/mol. The number of hydrogen-bond donors (Lipinski definition) is 1. The van der Waals surface area contributed by atoms with Crippen molar-refractivity contribution in [2.45, 2.75) is 51.7 Å². The van der Waals surface area contributed by atoms with Gasteiger partial charge in [0.2, 0.25) is 0 Å². The van der Waals surface area contributed by atoms with Crippen molar-refractivity contribution in [1.29, 1.82) is 0 Å². The van der Waals surface area contributed by atoms with Crippen molar-refractivity contribution < 1.29 is 9.13 Å². The fraction of sp³-hybridized carbons (Fsp3) is 0.600. The molecule has 2 nitrogen and oxygen atoms in total. The van der Waals surface area contributed by atoms with Crippen LogP contribution in [0.5, 0.6) is 5.75 Å². The second-order valence-electron chi connectivity index (χ2n) is 5.30. The van der Waals surface area contributed by atoms with Gasteiger partial charge in [-0.15, -0.1) is 0 Å². The number of nitrogens with one attached hydrogen (secondary N) is 1. The van der Waals surface area contributed by atoms with Gasteiger partial charge in [0, 0.05) is 24.1 Å². The number of rotatable bonds is 4. The highest BCUT2D eigenvalue weighted by molar-refractivity contribution is 5.39. The molecule has 0 aliphatic carbocycles. The molecule has 0 amide bonds. The summed E-state index contributed by atoms with van der Waals surface area (Å²) in [6, 6.07) is 5.12.